The quantitative estimate of drug-likeness (QED) is 0.617. The van der Waals surface area contributed by atoms with Gasteiger partial charge in [0.25, 0.3) is 0 Å². The Bertz CT molecular complexity index is 458. The second kappa shape index (κ2) is 8.30. The van der Waals surface area contributed by atoms with E-state index >= 15 is 0 Å². The summed E-state index contributed by atoms with van der Waals surface area (Å²) in [5, 5.41) is 11.3. The highest BCUT2D eigenvalue weighted by atomic mass is 32.2. The van der Waals surface area contributed by atoms with E-state index in [1.165, 1.54) is 4.31 Å². The molecule has 1 atom stereocenters. The van der Waals surface area contributed by atoms with E-state index in [9.17, 15) is 18.0 Å². The highest BCUT2D eigenvalue weighted by molar-refractivity contribution is 7.89. The van der Waals surface area contributed by atoms with Crippen molar-refractivity contribution < 1.29 is 27.9 Å². The summed E-state index contributed by atoms with van der Waals surface area (Å²) in [6.45, 7) is 3.09. The third kappa shape index (κ3) is 5.98. The first-order chi connectivity index (χ1) is 9.86. The lowest BCUT2D eigenvalue weighted by Gasteiger charge is -2.26. The normalized spacial score (nSPS) is 18.1. The molecule has 0 aromatic carbocycles. The molecular weight excluding hydrogens is 300 g/mol. The summed E-state index contributed by atoms with van der Waals surface area (Å²) >= 11 is 0. The van der Waals surface area contributed by atoms with Gasteiger partial charge < -0.3 is 15.2 Å². The number of aliphatic carboxylic acids is 1. The minimum Gasteiger partial charge on any atom is -0.480 e. The number of carbonyl (C=O) groups excluding carboxylic acids is 1. The number of carbonyl (C=O) groups is 2. The fourth-order valence-corrected chi connectivity index (χ4v) is 3.40. The summed E-state index contributed by atoms with van der Waals surface area (Å²) in [7, 11) is -3.50. The van der Waals surface area contributed by atoms with Crippen molar-refractivity contribution in [3.63, 3.8) is 0 Å². The van der Waals surface area contributed by atoms with Gasteiger partial charge in [-0.15, -0.1) is 0 Å². The van der Waals surface area contributed by atoms with Gasteiger partial charge >= 0.3 is 5.97 Å². The minimum absolute atomic E-state index is 0.243. The number of carboxylic acids is 1. The summed E-state index contributed by atoms with van der Waals surface area (Å²) in [5.41, 5.74) is 0. The molecule has 1 rings (SSSR count). The number of ether oxygens (including phenoxy) is 1. The predicted molar refractivity (Wildman–Crippen MR) is 75.3 cm³/mol. The SMILES string of the molecule is CCC[C@H](NC(=O)CCS(=O)(=O)N1CCOCC1)C(=O)O. The van der Waals surface area contributed by atoms with Crippen LogP contribution in [0.4, 0.5) is 0 Å². The van der Waals surface area contributed by atoms with E-state index in [-0.39, 0.29) is 25.3 Å². The maximum Gasteiger partial charge on any atom is 0.326 e. The molecule has 8 nitrogen and oxygen atoms in total. The average molecular weight is 322 g/mol. The molecule has 1 fully saturated rings. The maximum atomic E-state index is 12.0. The largest absolute Gasteiger partial charge is 0.480 e. The third-order valence-corrected chi connectivity index (χ3v) is 5.03. The first-order valence-corrected chi connectivity index (χ1v) is 8.55. The number of rotatable bonds is 8. The number of hydrogen-bond donors (Lipinski definition) is 2. The van der Waals surface area contributed by atoms with Crippen LogP contribution in [0.3, 0.4) is 0 Å². The lowest BCUT2D eigenvalue weighted by Crippen LogP contribution is -2.44. The van der Waals surface area contributed by atoms with Crippen LogP contribution in [0.25, 0.3) is 0 Å². The van der Waals surface area contributed by atoms with Crippen molar-refractivity contribution in [2.75, 3.05) is 32.1 Å². The number of nitrogens with zero attached hydrogens (tertiary/aromatic N) is 1. The summed E-state index contributed by atoms with van der Waals surface area (Å²) in [6, 6.07) is -0.964. The molecule has 0 radical (unpaired) electrons. The van der Waals surface area contributed by atoms with E-state index < -0.39 is 27.9 Å². The average Bonchev–Trinajstić information content (AvgIpc) is 2.45. The van der Waals surface area contributed by atoms with E-state index in [1.807, 2.05) is 6.92 Å². The van der Waals surface area contributed by atoms with Crippen LogP contribution in [0.2, 0.25) is 0 Å². The van der Waals surface area contributed by atoms with E-state index in [0.717, 1.165) is 0 Å². The van der Waals surface area contributed by atoms with Crippen LogP contribution in [-0.2, 0) is 24.3 Å². The number of carboxylic acid groups (broad SMARTS) is 1. The molecule has 1 amide bonds. The van der Waals surface area contributed by atoms with Gasteiger partial charge in [0, 0.05) is 19.5 Å². The summed E-state index contributed by atoms with van der Waals surface area (Å²) in [6.07, 6.45) is 0.688. The Balaban J connectivity index is 2.45. The molecular formula is C12H22N2O6S. The van der Waals surface area contributed by atoms with Crippen molar-refractivity contribution in [3.05, 3.63) is 0 Å². The zero-order chi connectivity index (χ0) is 15.9. The maximum absolute atomic E-state index is 12.0. The molecule has 0 aromatic rings. The predicted octanol–water partition coefficient (Wildman–Crippen LogP) is -0.592. The van der Waals surface area contributed by atoms with E-state index in [4.69, 9.17) is 9.84 Å². The first-order valence-electron chi connectivity index (χ1n) is 6.94. The highest BCUT2D eigenvalue weighted by Crippen LogP contribution is 2.07. The zero-order valence-corrected chi connectivity index (χ0v) is 12.9. The molecule has 0 saturated carbocycles. The molecule has 0 bridgehead atoms. The van der Waals surface area contributed by atoms with Gasteiger partial charge in [0.15, 0.2) is 0 Å². The van der Waals surface area contributed by atoms with Gasteiger partial charge in [-0.05, 0) is 6.42 Å². The lowest BCUT2D eigenvalue weighted by molar-refractivity contribution is -0.142. The van der Waals surface area contributed by atoms with Crippen molar-refractivity contribution in [2.24, 2.45) is 0 Å². The van der Waals surface area contributed by atoms with Crippen LogP contribution < -0.4 is 5.32 Å². The Morgan fingerprint density at radius 2 is 1.95 bits per heavy atom. The standard InChI is InChI=1S/C12H22N2O6S/c1-2-3-10(12(16)17)13-11(15)4-9-21(18,19)14-5-7-20-8-6-14/h10H,2-9H2,1H3,(H,13,15)(H,16,17)/t10-/m0/s1. The molecule has 0 spiro atoms. The van der Waals surface area contributed by atoms with Crippen LogP contribution in [-0.4, -0.2) is 67.8 Å². The second-order valence-electron chi connectivity index (χ2n) is 4.82. The number of amides is 1. The molecule has 1 heterocycles. The Hall–Kier alpha value is -1.19. The Kier molecular flexibility index (Phi) is 7.06. The summed E-state index contributed by atoms with van der Waals surface area (Å²) < 4.78 is 30.4. The first kappa shape index (κ1) is 17.9. The molecule has 2 N–H and O–H groups in total. The number of nitrogens with one attached hydrogen (secondary N) is 1. The van der Waals surface area contributed by atoms with Crippen molar-refractivity contribution >= 4 is 21.9 Å². The fourth-order valence-electron chi connectivity index (χ4n) is 1.99. The Morgan fingerprint density at radius 1 is 1.33 bits per heavy atom. The molecule has 21 heavy (non-hydrogen) atoms. The van der Waals surface area contributed by atoms with E-state index in [1.54, 1.807) is 0 Å². The molecule has 9 heteroatoms. The zero-order valence-electron chi connectivity index (χ0n) is 12.1. The lowest BCUT2D eigenvalue weighted by atomic mass is 10.1. The van der Waals surface area contributed by atoms with Gasteiger partial charge in [-0.1, -0.05) is 13.3 Å². The third-order valence-electron chi connectivity index (χ3n) is 3.16. The van der Waals surface area contributed by atoms with Crippen molar-refractivity contribution in [3.8, 4) is 0 Å². The summed E-state index contributed by atoms with van der Waals surface area (Å²) in [4.78, 5) is 22.6. The molecule has 1 aliphatic rings. The number of sulfonamides is 1. The molecule has 0 aliphatic carbocycles. The van der Waals surface area contributed by atoms with Gasteiger partial charge in [-0.2, -0.15) is 4.31 Å². The smallest absolute Gasteiger partial charge is 0.326 e. The monoisotopic (exact) mass is 322 g/mol. The fraction of sp³-hybridized carbons (Fsp3) is 0.833. The van der Waals surface area contributed by atoms with Crippen LogP contribution in [0.15, 0.2) is 0 Å². The summed E-state index contributed by atoms with van der Waals surface area (Å²) in [5.74, 6) is -1.99. The van der Waals surface area contributed by atoms with Crippen LogP contribution in [0, 0.1) is 0 Å². The molecule has 0 unspecified atom stereocenters. The van der Waals surface area contributed by atoms with Crippen molar-refractivity contribution in [1.29, 1.82) is 0 Å². The van der Waals surface area contributed by atoms with Gasteiger partial charge in [0.05, 0.1) is 19.0 Å². The number of hydrogen-bond acceptors (Lipinski definition) is 5. The topological polar surface area (TPSA) is 113 Å². The van der Waals surface area contributed by atoms with Crippen LogP contribution in [0.1, 0.15) is 26.2 Å². The van der Waals surface area contributed by atoms with Crippen LogP contribution >= 0.6 is 0 Å². The molecule has 122 valence electrons. The second-order valence-corrected chi connectivity index (χ2v) is 6.91. The van der Waals surface area contributed by atoms with E-state index in [0.29, 0.717) is 26.1 Å². The van der Waals surface area contributed by atoms with Gasteiger partial charge in [0.2, 0.25) is 15.9 Å². The van der Waals surface area contributed by atoms with Crippen molar-refractivity contribution in [2.45, 2.75) is 32.2 Å². The van der Waals surface area contributed by atoms with Gasteiger partial charge in [-0.3, -0.25) is 4.79 Å². The molecule has 1 aliphatic heterocycles. The molecule has 1 saturated heterocycles. The number of morpholine rings is 1. The van der Waals surface area contributed by atoms with Crippen molar-refractivity contribution in [1.82, 2.24) is 9.62 Å². The van der Waals surface area contributed by atoms with Gasteiger partial charge in [-0.25, -0.2) is 13.2 Å². The Morgan fingerprint density at radius 3 is 2.48 bits per heavy atom. The van der Waals surface area contributed by atoms with Gasteiger partial charge in [0.1, 0.15) is 6.04 Å². The molecule has 0 aromatic heterocycles. The Labute approximate surface area is 124 Å². The minimum atomic E-state index is -3.50. The van der Waals surface area contributed by atoms with E-state index in [2.05, 4.69) is 5.32 Å². The highest BCUT2D eigenvalue weighted by Gasteiger charge is 2.26. The van der Waals surface area contributed by atoms with Crippen LogP contribution in [0.5, 0.6) is 0 Å².